The molecule has 0 bridgehead atoms. The van der Waals surface area contributed by atoms with E-state index in [1.54, 1.807) is 0 Å². The smallest absolute Gasteiger partial charge is 0.320 e. The first kappa shape index (κ1) is 13.4. The highest BCUT2D eigenvalue weighted by molar-refractivity contribution is 5.72. The van der Waals surface area contributed by atoms with Crippen molar-refractivity contribution in [3.63, 3.8) is 0 Å². The Kier molecular flexibility index (Phi) is 4.84. The summed E-state index contributed by atoms with van der Waals surface area (Å²) in [6.45, 7) is 0.129. The number of carboxylic acid groups (broad SMARTS) is 1. The van der Waals surface area contributed by atoms with Crippen molar-refractivity contribution >= 4 is 5.97 Å². The largest absolute Gasteiger partial charge is 0.491 e. The molecule has 0 aliphatic heterocycles. The Balaban J connectivity index is 2.34. The molecule has 3 N–H and O–H groups in total. The van der Waals surface area contributed by atoms with Crippen molar-refractivity contribution in [2.24, 2.45) is 5.73 Å². The van der Waals surface area contributed by atoms with E-state index in [9.17, 15) is 13.6 Å². The molecule has 1 rings (SSSR count). The first-order valence-corrected chi connectivity index (χ1v) is 5.07. The minimum atomic E-state index is -1.09. The lowest BCUT2D eigenvalue weighted by Gasteiger charge is -2.08. The number of rotatable bonds is 6. The number of carbonyl (C=O) groups is 1. The van der Waals surface area contributed by atoms with Crippen LogP contribution in [-0.2, 0) is 4.79 Å². The van der Waals surface area contributed by atoms with Gasteiger partial charge < -0.3 is 15.6 Å². The lowest BCUT2D eigenvalue weighted by Crippen LogP contribution is -2.30. The van der Waals surface area contributed by atoms with Crippen LogP contribution in [0.2, 0.25) is 0 Å². The van der Waals surface area contributed by atoms with E-state index in [4.69, 9.17) is 15.6 Å². The fourth-order valence-corrected chi connectivity index (χ4v) is 1.20. The van der Waals surface area contributed by atoms with Gasteiger partial charge in [-0.05, 0) is 25.0 Å². The zero-order valence-electron chi connectivity index (χ0n) is 9.03. The highest BCUT2D eigenvalue weighted by Crippen LogP contribution is 2.17. The van der Waals surface area contributed by atoms with Gasteiger partial charge in [-0.1, -0.05) is 0 Å². The van der Waals surface area contributed by atoms with Crippen molar-refractivity contribution < 1.29 is 23.4 Å². The van der Waals surface area contributed by atoms with E-state index in [1.807, 2.05) is 0 Å². The molecular formula is C11H13F2NO3. The Labute approximate surface area is 97.0 Å². The normalized spacial score (nSPS) is 12.2. The van der Waals surface area contributed by atoms with E-state index in [0.29, 0.717) is 6.42 Å². The van der Waals surface area contributed by atoms with Crippen molar-refractivity contribution in [1.82, 2.24) is 0 Å². The molecule has 0 fully saturated rings. The minimum Gasteiger partial charge on any atom is -0.491 e. The predicted molar refractivity (Wildman–Crippen MR) is 56.7 cm³/mol. The summed E-state index contributed by atoms with van der Waals surface area (Å²) in [6, 6.07) is 2.04. The van der Waals surface area contributed by atoms with Gasteiger partial charge in [-0.3, -0.25) is 4.79 Å². The van der Waals surface area contributed by atoms with Crippen molar-refractivity contribution in [2.45, 2.75) is 18.9 Å². The summed E-state index contributed by atoms with van der Waals surface area (Å²) >= 11 is 0. The van der Waals surface area contributed by atoms with Gasteiger partial charge >= 0.3 is 5.97 Å². The van der Waals surface area contributed by atoms with Crippen molar-refractivity contribution in [2.75, 3.05) is 6.61 Å². The third-order valence-corrected chi connectivity index (χ3v) is 2.13. The van der Waals surface area contributed by atoms with Gasteiger partial charge in [-0.2, -0.15) is 0 Å². The summed E-state index contributed by atoms with van der Waals surface area (Å²) in [4.78, 5) is 10.4. The van der Waals surface area contributed by atoms with Crippen LogP contribution in [0.5, 0.6) is 5.75 Å². The van der Waals surface area contributed by atoms with Crippen LogP contribution >= 0.6 is 0 Å². The molecule has 0 aromatic heterocycles. The molecule has 4 nitrogen and oxygen atoms in total. The second-order valence-corrected chi connectivity index (χ2v) is 3.51. The van der Waals surface area contributed by atoms with Gasteiger partial charge in [0.05, 0.1) is 6.61 Å². The number of ether oxygens (including phenoxy) is 1. The summed E-state index contributed by atoms with van der Waals surface area (Å²) in [5, 5.41) is 8.51. The van der Waals surface area contributed by atoms with Gasteiger partial charge in [0.15, 0.2) is 11.6 Å². The van der Waals surface area contributed by atoms with E-state index in [0.717, 1.165) is 12.1 Å². The molecule has 0 spiro atoms. The third kappa shape index (κ3) is 4.36. The predicted octanol–water partition coefficient (Wildman–Crippen LogP) is 1.54. The van der Waals surface area contributed by atoms with Gasteiger partial charge in [0.25, 0.3) is 0 Å². The Hall–Kier alpha value is -1.69. The molecule has 6 heteroatoms. The zero-order chi connectivity index (χ0) is 12.8. The number of benzene rings is 1. The van der Waals surface area contributed by atoms with E-state index in [1.165, 1.54) is 6.07 Å². The number of hydrogen-bond donors (Lipinski definition) is 2. The molecule has 0 aliphatic carbocycles. The number of aliphatic carboxylic acids is 1. The lowest BCUT2D eigenvalue weighted by molar-refractivity contribution is -0.138. The Bertz CT molecular complexity index is 398. The van der Waals surface area contributed by atoms with E-state index in [2.05, 4.69) is 0 Å². The summed E-state index contributed by atoms with van der Waals surface area (Å²) in [6.07, 6.45) is 0.614. The van der Waals surface area contributed by atoms with Crippen LogP contribution in [-0.4, -0.2) is 23.7 Å². The summed E-state index contributed by atoms with van der Waals surface area (Å²) < 4.78 is 30.7. The van der Waals surface area contributed by atoms with Gasteiger partial charge in [-0.15, -0.1) is 0 Å². The molecule has 17 heavy (non-hydrogen) atoms. The molecule has 94 valence electrons. The van der Waals surface area contributed by atoms with E-state index in [-0.39, 0.29) is 18.8 Å². The maximum absolute atomic E-state index is 13.1. The Morgan fingerprint density at radius 2 is 2.18 bits per heavy atom. The first-order chi connectivity index (χ1) is 8.00. The Morgan fingerprint density at radius 3 is 2.76 bits per heavy atom. The fraction of sp³-hybridized carbons (Fsp3) is 0.364. The number of halogens is 2. The van der Waals surface area contributed by atoms with E-state index < -0.39 is 23.6 Å². The molecule has 0 saturated heterocycles. The molecular weight excluding hydrogens is 232 g/mol. The molecule has 0 radical (unpaired) electrons. The molecule has 1 atom stereocenters. The van der Waals surface area contributed by atoms with Crippen molar-refractivity contribution in [3.05, 3.63) is 29.8 Å². The average molecular weight is 245 g/mol. The van der Waals surface area contributed by atoms with Crippen molar-refractivity contribution in [1.29, 1.82) is 0 Å². The molecule has 1 unspecified atom stereocenters. The van der Waals surface area contributed by atoms with Crippen LogP contribution < -0.4 is 10.5 Å². The topological polar surface area (TPSA) is 72.5 Å². The van der Waals surface area contributed by atoms with Gasteiger partial charge in [0.1, 0.15) is 11.9 Å². The van der Waals surface area contributed by atoms with Crippen LogP contribution in [0.1, 0.15) is 12.8 Å². The highest BCUT2D eigenvalue weighted by atomic mass is 19.1. The first-order valence-electron chi connectivity index (χ1n) is 5.07. The Morgan fingerprint density at radius 1 is 1.47 bits per heavy atom. The lowest BCUT2D eigenvalue weighted by atomic mass is 10.2. The molecule has 0 saturated carbocycles. The maximum Gasteiger partial charge on any atom is 0.320 e. The molecule has 1 aromatic carbocycles. The van der Waals surface area contributed by atoms with Crippen LogP contribution in [0.4, 0.5) is 8.78 Å². The van der Waals surface area contributed by atoms with Crippen LogP contribution in [0, 0.1) is 11.6 Å². The minimum absolute atomic E-state index is 0.0599. The molecule has 0 heterocycles. The van der Waals surface area contributed by atoms with E-state index >= 15 is 0 Å². The average Bonchev–Trinajstić information content (AvgIpc) is 2.26. The van der Waals surface area contributed by atoms with Gasteiger partial charge in [0.2, 0.25) is 0 Å². The molecule has 0 amide bonds. The number of nitrogens with two attached hydrogens (primary N) is 1. The van der Waals surface area contributed by atoms with Gasteiger partial charge in [0, 0.05) is 6.07 Å². The highest BCUT2D eigenvalue weighted by Gasteiger charge is 2.11. The third-order valence-electron chi connectivity index (χ3n) is 2.13. The zero-order valence-corrected chi connectivity index (χ0v) is 9.03. The number of carboxylic acids is 1. The van der Waals surface area contributed by atoms with Gasteiger partial charge in [-0.25, -0.2) is 8.78 Å². The summed E-state index contributed by atoms with van der Waals surface area (Å²) in [7, 11) is 0. The molecule has 1 aromatic rings. The van der Waals surface area contributed by atoms with Crippen molar-refractivity contribution in [3.8, 4) is 5.75 Å². The summed E-state index contributed by atoms with van der Waals surface area (Å²) in [5.74, 6) is -2.61. The SMILES string of the molecule is NC(CCCOc1ccc(F)cc1F)C(=O)O. The monoisotopic (exact) mass is 245 g/mol. The fourth-order valence-electron chi connectivity index (χ4n) is 1.20. The second-order valence-electron chi connectivity index (χ2n) is 3.51. The summed E-state index contributed by atoms with van der Waals surface area (Å²) in [5.41, 5.74) is 5.27. The second kappa shape index (κ2) is 6.15. The standard InChI is InChI=1S/C11H13F2NO3/c12-7-3-4-10(8(13)6-7)17-5-1-2-9(14)11(15)16/h3-4,6,9H,1-2,5,14H2,(H,15,16). The van der Waals surface area contributed by atoms with Crippen LogP contribution in [0.3, 0.4) is 0 Å². The number of hydrogen-bond acceptors (Lipinski definition) is 3. The van der Waals surface area contributed by atoms with Crippen LogP contribution in [0.15, 0.2) is 18.2 Å². The molecule has 0 aliphatic rings. The maximum atomic E-state index is 13.1. The quantitative estimate of drug-likeness (QED) is 0.745. The van der Waals surface area contributed by atoms with Crippen LogP contribution in [0.25, 0.3) is 0 Å².